The van der Waals surface area contributed by atoms with Crippen molar-refractivity contribution >= 4 is 32.7 Å². The summed E-state index contributed by atoms with van der Waals surface area (Å²) >= 11 is 0. The number of carbonyl (C=O) groups is 2. The number of hydrogen-bond donors (Lipinski definition) is 2. The van der Waals surface area contributed by atoms with E-state index in [1.807, 2.05) is 4.90 Å². The fraction of sp³-hybridized carbons (Fsp3) is 0.524. The van der Waals surface area contributed by atoms with Crippen molar-refractivity contribution in [3.8, 4) is 0 Å². The van der Waals surface area contributed by atoms with Crippen LogP contribution in [0.25, 0.3) is 10.9 Å². The van der Waals surface area contributed by atoms with Gasteiger partial charge in [-0.3, -0.25) is 19.4 Å². The van der Waals surface area contributed by atoms with Crippen LogP contribution in [0, 0.1) is 5.82 Å². The zero-order valence-corrected chi connectivity index (χ0v) is 18.3. The Labute approximate surface area is 184 Å². The standard InChI is InChI=1S/C21H26FN3O6S/c22-14-1-2-16-17(12-25(18(16)11-14)5-3-19(26)27)20(21(28)29)24-8-6-23(7-9-24)15-4-10-32(30,31)13-15/h1-2,11-12,15,20H,3-10,13H2,(H,26,27)(H,28,29)/t15-,20-/m1/s1. The Morgan fingerprint density at radius 2 is 1.88 bits per heavy atom. The molecule has 3 heterocycles. The maximum absolute atomic E-state index is 13.9. The summed E-state index contributed by atoms with van der Waals surface area (Å²) in [5.41, 5.74) is 0.956. The summed E-state index contributed by atoms with van der Waals surface area (Å²) in [7, 11) is -2.99. The van der Waals surface area contributed by atoms with Crippen LogP contribution in [0.3, 0.4) is 0 Å². The summed E-state index contributed by atoms with van der Waals surface area (Å²) in [6, 6.07) is 3.10. The molecule has 2 atom stereocenters. The van der Waals surface area contributed by atoms with E-state index >= 15 is 0 Å². The third-order valence-electron chi connectivity index (χ3n) is 6.41. The van der Waals surface area contributed by atoms with Crippen molar-refractivity contribution in [3.05, 3.63) is 35.8 Å². The van der Waals surface area contributed by atoms with E-state index in [0.717, 1.165) is 0 Å². The molecule has 2 N–H and O–H groups in total. The summed E-state index contributed by atoms with van der Waals surface area (Å²) in [4.78, 5) is 27.3. The van der Waals surface area contributed by atoms with Crippen LogP contribution in [0.15, 0.2) is 24.4 Å². The fourth-order valence-corrected chi connectivity index (χ4v) is 6.58. The van der Waals surface area contributed by atoms with Gasteiger partial charge in [-0.25, -0.2) is 12.8 Å². The van der Waals surface area contributed by atoms with Crippen LogP contribution in [-0.4, -0.2) is 88.7 Å². The van der Waals surface area contributed by atoms with Crippen LogP contribution in [0.1, 0.15) is 24.4 Å². The van der Waals surface area contributed by atoms with Crippen LogP contribution < -0.4 is 0 Å². The highest BCUT2D eigenvalue weighted by Crippen LogP contribution is 2.32. The van der Waals surface area contributed by atoms with E-state index in [9.17, 15) is 27.5 Å². The molecular formula is C21H26FN3O6S. The molecule has 2 fully saturated rings. The lowest BCUT2D eigenvalue weighted by atomic mass is 10.0. The summed E-state index contributed by atoms with van der Waals surface area (Å²) in [6.45, 7) is 2.14. The molecule has 0 radical (unpaired) electrons. The van der Waals surface area contributed by atoms with Gasteiger partial charge in [0.1, 0.15) is 11.9 Å². The summed E-state index contributed by atoms with van der Waals surface area (Å²) < 4.78 is 39.1. The van der Waals surface area contributed by atoms with E-state index in [4.69, 9.17) is 5.11 Å². The Balaban J connectivity index is 1.58. The van der Waals surface area contributed by atoms with Crippen molar-refractivity contribution < 1.29 is 32.6 Å². The number of aryl methyl sites for hydroxylation is 1. The topological polar surface area (TPSA) is 120 Å². The molecule has 174 valence electrons. The Bertz CT molecular complexity index is 1140. The molecule has 32 heavy (non-hydrogen) atoms. The molecular weight excluding hydrogens is 441 g/mol. The molecule has 0 bridgehead atoms. The quantitative estimate of drug-likeness (QED) is 0.623. The van der Waals surface area contributed by atoms with E-state index < -0.39 is 33.6 Å². The van der Waals surface area contributed by atoms with E-state index in [2.05, 4.69) is 4.90 Å². The van der Waals surface area contributed by atoms with Crippen LogP contribution >= 0.6 is 0 Å². The average molecular weight is 468 g/mol. The van der Waals surface area contributed by atoms with E-state index in [1.165, 1.54) is 18.2 Å². The smallest absolute Gasteiger partial charge is 0.325 e. The SMILES string of the molecule is O=C(O)CCn1cc([C@H](C(=O)O)N2CCN([C@@H]3CCS(=O)(=O)C3)CC2)c2ccc(F)cc21. The monoisotopic (exact) mass is 467 g/mol. The average Bonchev–Trinajstić information content (AvgIpc) is 3.26. The lowest BCUT2D eigenvalue weighted by Crippen LogP contribution is -2.52. The van der Waals surface area contributed by atoms with Crippen LogP contribution in [0.2, 0.25) is 0 Å². The molecule has 11 heteroatoms. The minimum atomic E-state index is -2.99. The van der Waals surface area contributed by atoms with Crippen LogP contribution in [0.4, 0.5) is 4.39 Å². The number of aliphatic carboxylic acids is 2. The molecule has 0 spiro atoms. The van der Waals surface area contributed by atoms with Gasteiger partial charge in [-0.2, -0.15) is 0 Å². The van der Waals surface area contributed by atoms with Crippen molar-refractivity contribution in [1.82, 2.24) is 14.4 Å². The zero-order valence-electron chi connectivity index (χ0n) is 17.5. The van der Waals surface area contributed by atoms with Gasteiger partial charge in [-0.05, 0) is 24.6 Å². The maximum Gasteiger partial charge on any atom is 0.325 e. The normalized spacial score (nSPS) is 22.8. The number of sulfone groups is 1. The Hall–Kier alpha value is -2.50. The fourth-order valence-electron chi connectivity index (χ4n) is 4.82. The Morgan fingerprint density at radius 3 is 2.47 bits per heavy atom. The number of aromatic nitrogens is 1. The number of carboxylic acids is 2. The third-order valence-corrected chi connectivity index (χ3v) is 8.16. The number of piperazine rings is 1. The highest BCUT2D eigenvalue weighted by Gasteiger charge is 2.37. The molecule has 2 aliphatic heterocycles. The molecule has 1 aromatic heterocycles. The largest absolute Gasteiger partial charge is 0.481 e. The van der Waals surface area contributed by atoms with Gasteiger partial charge in [0, 0.05) is 55.9 Å². The number of rotatable bonds is 7. The number of carboxylic acid groups (broad SMARTS) is 2. The molecule has 0 amide bonds. The number of nitrogens with zero attached hydrogens (tertiary/aromatic N) is 3. The predicted molar refractivity (Wildman–Crippen MR) is 115 cm³/mol. The number of halogens is 1. The first kappa shape index (κ1) is 22.7. The lowest BCUT2D eigenvalue weighted by molar-refractivity contribution is -0.144. The molecule has 0 unspecified atom stereocenters. The molecule has 2 aromatic rings. The second-order valence-electron chi connectivity index (χ2n) is 8.45. The Morgan fingerprint density at radius 1 is 1.16 bits per heavy atom. The van der Waals surface area contributed by atoms with Gasteiger partial charge in [-0.1, -0.05) is 0 Å². The van der Waals surface area contributed by atoms with Crippen molar-refractivity contribution in [2.45, 2.75) is 31.5 Å². The molecule has 1 aromatic carbocycles. The molecule has 9 nitrogen and oxygen atoms in total. The minimum absolute atomic E-state index is 0.0219. The van der Waals surface area contributed by atoms with Crippen molar-refractivity contribution in [3.63, 3.8) is 0 Å². The molecule has 0 aliphatic carbocycles. The van der Waals surface area contributed by atoms with Gasteiger partial charge >= 0.3 is 11.9 Å². The highest BCUT2D eigenvalue weighted by atomic mass is 32.2. The van der Waals surface area contributed by atoms with Crippen molar-refractivity contribution in [2.75, 3.05) is 37.7 Å². The first-order valence-electron chi connectivity index (χ1n) is 10.6. The summed E-state index contributed by atoms with van der Waals surface area (Å²) in [5.74, 6) is -2.17. The van der Waals surface area contributed by atoms with Gasteiger partial charge in [0.15, 0.2) is 9.84 Å². The zero-order chi connectivity index (χ0) is 23.0. The lowest BCUT2D eigenvalue weighted by Gasteiger charge is -2.40. The van der Waals surface area contributed by atoms with Crippen molar-refractivity contribution in [1.29, 1.82) is 0 Å². The molecule has 4 rings (SSSR count). The van der Waals surface area contributed by atoms with E-state index in [0.29, 0.717) is 49.1 Å². The highest BCUT2D eigenvalue weighted by molar-refractivity contribution is 7.91. The molecule has 0 saturated carbocycles. The summed E-state index contributed by atoms with van der Waals surface area (Å²) in [5, 5.41) is 19.7. The van der Waals surface area contributed by atoms with Crippen LogP contribution in [-0.2, 0) is 26.0 Å². The van der Waals surface area contributed by atoms with Crippen molar-refractivity contribution in [2.24, 2.45) is 0 Å². The number of hydrogen-bond acceptors (Lipinski definition) is 6. The molecule has 2 saturated heterocycles. The first-order chi connectivity index (χ1) is 15.1. The number of benzene rings is 1. The van der Waals surface area contributed by atoms with Gasteiger partial charge in [0.2, 0.25) is 0 Å². The van der Waals surface area contributed by atoms with Gasteiger partial charge in [0.25, 0.3) is 0 Å². The number of fused-ring (bicyclic) bond motifs is 1. The van der Waals surface area contributed by atoms with Crippen LogP contribution in [0.5, 0.6) is 0 Å². The molecule has 2 aliphatic rings. The Kier molecular flexibility index (Phi) is 6.24. The second-order valence-corrected chi connectivity index (χ2v) is 10.7. The first-order valence-corrected chi connectivity index (χ1v) is 12.4. The summed E-state index contributed by atoms with van der Waals surface area (Å²) in [6.07, 6.45) is 2.05. The second kappa shape index (κ2) is 8.80. The van der Waals surface area contributed by atoms with E-state index in [-0.39, 0.29) is 30.5 Å². The van der Waals surface area contributed by atoms with Gasteiger partial charge in [0.05, 0.1) is 23.4 Å². The van der Waals surface area contributed by atoms with E-state index in [1.54, 1.807) is 10.8 Å². The van der Waals surface area contributed by atoms with Gasteiger partial charge in [-0.15, -0.1) is 0 Å². The minimum Gasteiger partial charge on any atom is -0.481 e. The maximum atomic E-state index is 13.9. The third kappa shape index (κ3) is 4.64. The predicted octanol–water partition coefficient (Wildman–Crippen LogP) is 1.19. The van der Waals surface area contributed by atoms with Gasteiger partial charge < -0.3 is 14.8 Å².